The van der Waals surface area contributed by atoms with Crippen molar-refractivity contribution in [2.45, 2.75) is 39.8 Å². The predicted octanol–water partition coefficient (Wildman–Crippen LogP) is 4.87. The lowest BCUT2D eigenvalue weighted by atomic mass is 10.1. The summed E-state index contributed by atoms with van der Waals surface area (Å²) in [6, 6.07) is 5.89. The standard InChI is InChI=1S/C16H20BrNO3/c1-10-12(9-18(5)15(19)21-16(2,3)4)11-7-6-8-13(17)14(11)20-10/h6-8H,9H2,1-5H3. The molecule has 1 aromatic carbocycles. The molecule has 0 radical (unpaired) electrons. The third-order valence-electron chi connectivity index (χ3n) is 3.07. The van der Waals surface area contributed by atoms with Gasteiger partial charge in [0.1, 0.15) is 16.9 Å². The van der Waals surface area contributed by atoms with Crippen LogP contribution in [-0.2, 0) is 11.3 Å². The lowest BCUT2D eigenvalue weighted by molar-refractivity contribution is 0.0285. The van der Waals surface area contributed by atoms with E-state index in [9.17, 15) is 4.79 Å². The van der Waals surface area contributed by atoms with Gasteiger partial charge in [0.25, 0.3) is 0 Å². The molecule has 0 unspecified atom stereocenters. The van der Waals surface area contributed by atoms with Crippen molar-refractivity contribution in [2.75, 3.05) is 7.05 Å². The highest BCUT2D eigenvalue weighted by Crippen LogP contribution is 2.31. The zero-order valence-corrected chi connectivity index (χ0v) is 14.6. The van der Waals surface area contributed by atoms with E-state index < -0.39 is 5.60 Å². The Hall–Kier alpha value is -1.49. The number of fused-ring (bicyclic) bond motifs is 1. The summed E-state index contributed by atoms with van der Waals surface area (Å²) in [7, 11) is 1.73. The third-order valence-corrected chi connectivity index (χ3v) is 3.70. The third kappa shape index (κ3) is 3.59. The normalized spacial score (nSPS) is 11.7. The second-order valence-corrected chi connectivity index (χ2v) is 6.94. The Labute approximate surface area is 133 Å². The van der Waals surface area contributed by atoms with Crippen LogP contribution in [0.15, 0.2) is 27.1 Å². The number of rotatable bonds is 2. The number of carbonyl (C=O) groups excluding carboxylic acids is 1. The predicted molar refractivity (Wildman–Crippen MR) is 86.4 cm³/mol. The van der Waals surface area contributed by atoms with Crippen molar-refractivity contribution < 1.29 is 13.9 Å². The maximum Gasteiger partial charge on any atom is 0.410 e. The molecular formula is C16H20BrNO3. The van der Waals surface area contributed by atoms with Gasteiger partial charge in [0.15, 0.2) is 0 Å². The van der Waals surface area contributed by atoms with Gasteiger partial charge in [-0.3, -0.25) is 0 Å². The van der Waals surface area contributed by atoms with E-state index in [1.54, 1.807) is 11.9 Å². The van der Waals surface area contributed by atoms with E-state index in [0.29, 0.717) is 6.54 Å². The number of nitrogens with zero attached hydrogens (tertiary/aromatic N) is 1. The van der Waals surface area contributed by atoms with Gasteiger partial charge in [-0.05, 0) is 49.7 Å². The van der Waals surface area contributed by atoms with Gasteiger partial charge in [-0.25, -0.2) is 4.79 Å². The Morgan fingerprint density at radius 2 is 2.05 bits per heavy atom. The van der Waals surface area contributed by atoms with Crippen LogP contribution in [0.2, 0.25) is 0 Å². The number of halogens is 1. The summed E-state index contributed by atoms with van der Waals surface area (Å²) in [6.45, 7) is 7.92. The molecule has 0 aliphatic rings. The van der Waals surface area contributed by atoms with Gasteiger partial charge in [-0.1, -0.05) is 12.1 Å². The van der Waals surface area contributed by atoms with Crippen molar-refractivity contribution in [3.63, 3.8) is 0 Å². The number of aryl methyl sites for hydroxylation is 1. The topological polar surface area (TPSA) is 42.7 Å². The second kappa shape index (κ2) is 5.72. The van der Waals surface area contributed by atoms with E-state index in [1.165, 1.54) is 0 Å². The SMILES string of the molecule is Cc1oc2c(Br)cccc2c1CN(C)C(=O)OC(C)(C)C. The molecule has 4 nitrogen and oxygen atoms in total. The molecule has 0 bridgehead atoms. The first-order chi connectivity index (χ1) is 9.69. The number of benzene rings is 1. The van der Waals surface area contributed by atoms with Gasteiger partial charge in [0.2, 0.25) is 0 Å². The van der Waals surface area contributed by atoms with Crippen LogP contribution in [0, 0.1) is 6.92 Å². The number of furan rings is 1. The largest absolute Gasteiger partial charge is 0.460 e. The first-order valence-electron chi connectivity index (χ1n) is 6.79. The van der Waals surface area contributed by atoms with E-state index in [2.05, 4.69) is 15.9 Å². The van der Waals surface area contributed by atoms with E-state index in [1.807, 2.05) is 45.9 Å². The fourth-order valence-corrected chi connectivity index (χ4v) is 2.54. The maximum atomic E-state index is 12.1. The summed E-state index contributed by atoms with van der Waals surface area (Å²) < 4.78 is 12.1. The highest BCUT2D eigenvalue weighted by atomic mass is 79.9. The monoisotopic (exact) mass is 353 g/mol. The number of ether oxygens (including phenoxy) is 1. The van der Waals surface area contributed by atoms with Crippen molar-refractivity contribution in [1.82, 2.24) is 4.90 Å². The fraction of sp³-hybridized carbons (Fsp3) is 0.438. The van der Waals surface area contributed by atoms with Gasteiger partial charge in [0.05, 0.1) is 11.0 Å². The highest BCUT2D eigenvalue weighted by Gasteiger charge is 2.22. The molecule has 0 spiro atoms. The van der Waals surface area contributed by atoms with Gasteiger partial charge in [-0.2, -0.15) is 0 Å². The van der Waals surface area contributed by atoms with Crippen LogP contribution in [-0.4, -0.2) is 23.6 Å². The second-order valence-electron chi connectivity index (χ2n) is 6.09. The highest BCUT2D eigenvalue weighted by molar-refractivity contribution is 9.10. The summed E-state index contributed by atoms with van der Waals surface area (Å²) >= 11 is 3.48. The Bertz CT molecular complexity index is 670. The zero-order valence-electron chi connectivity index (χ0n) is 13.0. The molecule has 0 aliphatic heterocycles. The summed E-state index contributed by atoms with van der Waals surface area (Å²) in [6.07, 6.45) is -0.341. The lowest BCUT2D eigenvalue weighted by Crippen LogP contribution is -2.33. The number of hydrogen-bond donors (Lipinski definition) is 0. The van der Waals surface area contributed by atoms with Crippen LogP contribution in [0.3, 0.4) is 0 Å². The first-order valence-corrected chi connectivity index (χ1v) is 7.59. The van der Waals surface area contributed by atoms with Crippen molar-refractivity contribution in [1.29, 1.82) is 0 Å². The Kier molecular flexibility index (Phi) is 4.33. The van der Waals surface area contributed by atoms with Crippen molar-refractivity contribution in [3.8, 4) is 0 Å². The molecule has 0 saturated heterocycles. The van der Waals surface area contributed by atoms with Gasteiger partial charge >= 0.3 is 6.09 Å². The fourth-order valence-electron chi connectivity index (χ4n) is 2.09. The molecule has 114 valence electrons. The first kappa shape index (κ1) is 15.9. The van der Waals surface area contributed by atoms with Crippen molar-refractivity contribution >= 4 is 33.0 Å². The molecule has 1 aromatic heterocycles. The lowest BCUT2D eigenvalue weighted by Gasteiger charge is -2.24. The molecule has 0 aliphatic carbocycles. The molecular weight excluding hydrogens is 334 g/mol. The van der Waals surface area contributed by atoms with Crippen LogP contribution in [0.5, 0.6) is 0 Å². The van der Waals surface area contributed by atoms with E-state index in [4.69, 9.17) is 9.15 Å². The minimum Gasteiger partial charge on any atom is -0.460 e. The van der Waals surface area contributed by atoms with E-state index in [0.717, 1.165) is 26.8 Å². The van der Waals surface area contributed by atoms with Crippen LogP contribution in [0.4, 0.5) is 4.79 Å². The molecule has 1 heterocycles. The van der Waals surface area contributed by atoms with Crippen molar-refractivity contribution in [3.05, 3.63) is 34.0 Å². The summed E-state index contributed by atoms with van der Waals surface area (Å²) in [5, 5.41) is 1.01. The molecule has 2 rings (SSSR count). The molecule has 0 N–H and O–H groups in total. The van der Waals surface area contributed by atoms with E-state index in [-0.39, 0.29) is 6.09 Å². The summed E-state index contributed by atoms with van der Waals surface area (Å²) in [5.74, 6) is 0.812. The molecule has 5 heteroatoms. The molecule has 1 amide bonds. The summed E-state index contributed by atoms with van der Waals surface area (Å²) in [5.41, 5.74) is 1.31. The molecule has 0 fully saturated rings. The quantitative estimate of drug-likeness (QED) is 0.773. The van der Waals surface area contributed by atoms with Gasteiger partial charge in [0, 0.05) is 18.0 Å². The minimum atomic E-state index is -0.498. The maximum absolute atomic E-state index is 12.1. The Morgan fingerprint density at radius 1 is 1.38 bits per heavy atom. The Morgan fingerprint density at radius 3 is 2.67 bits per heavy atom. The van der Waals surface area contributed by atoms with Gasteiger partial charge < -0.3 is 14.1 Å². The van der Waals surface area contributed by atoms with Crippen LogP contribution in [0.25, 0.3) is 11.0 Å². The van der Waals surface area contributed by atoms with Crippen LogP contribution >= 0.6 is 15.9 Å². The van der Waals surface area contributed by atoms with Gasteiger partial charge in [-0.15, -0.1) is 0 Å². The van der Waals surface area contributed by atoms with Crippen molar-refractivity contribution in [2.24, 2.45) is 0 Å². The van der Waals surface area contributed by atoms with Crippen LogP contribution in [0.1, 0.15) is 32.1 Å². The zero-order chi connectivity index (χ0) is 15.8. The average molecular weight is 354 g/mol. The summed E-state index contributed by atoms with van der Waals surface area (Å²) in [4.78, 5) is 13.6. The minimum absolute atomic E-state index is 0.341. The average Bonchev–Trinajstić information content (AvgIpc) is 2.66. The van der Waals surface area contributed by atoms with E-state index >= 15 is 0 Å². The number of amides is 1. The number of hydrogen-bond acceptors (Lipinski definition) is 3. The van der Waals surface area contributed by atoms with Crippen LogP contribution < -0.4 is 0 Å². The number of para-hydroxylation sites is 1. The molecule has 0 atom stereocenters. The molecule has 2 aromatic rings. The Balaban J connectivity index is 2.26. The smallest absolute Gasteiger partial charge is 0.410 e. The molecule has 0 saturated carbocycles. The number of carbonyl (C=O) groups is 1. The molecule has 21 heavy (non-hydrogen) atoms.